The van der Waals surface area contributed by atoms with Crippen molar-refractivity contribution in [2.24, 2.45) is 0 Å². The third kappa shape index (κ3) is 8.35. The highest BCUT2D eigenvalue weighted by Gasteiger charge is 2.31. The number of hydrogen-bond donors (Lipinski definition) is 1. The summed E-state index contributed by atoms with van der Waals surface area (Å²) in [5.41, 5.74) is 3.21. The van der Waals surface area contributed by atoms with Crippen molar-refractivity contribution in [3.63, 3.8) is 0 Å². The third-order valence-electron chi connectivity index (χ3n) is 5.80. The molecule has 0 aliphatic carbocycles. The van der Waals surface area contributed by atoms with Crippen LogP contribution in [0.15, 0.2) is 46.9 Å². The zero-order valence-corrected chi connectivity index (χ0v) is 23.6. The van der Waals surface area contributed by atoms with Gasteiger partial charge in [0.2, 0.25) is 21.8 Å². The molecular weight excluding hydrogens is 530 g/mol. The van der Waals surface area contributed by atoms with Crippen LogP contribution >= 0.6 is 15.9 Å². The average molecular weight is 567 g/mol. The molecule has 0 saturated carbocycles. The first-order valence-corrected chi connectivity index (χ1v) is 14.5. The fraction of sp³-hybridized carbons (Fsp3) is 0.462. The number of aryl methyl sites for hydroxylation is 2. The molecule has 192 valence electrons. The van der Waals surface area contributed by atoms with Crippen molar-refractivity contribution in [2.75, 3.05) is 23.7 Å². The lowest BCUT2D eigenvalue weighted by molar-refractivity contribution is -0.140. The molecule has 1 atom stereocenters. The van der Waals surface area contributed by atoms with E-state index in [4.69, 9.17) is 0 Å². The second kappa shape index (κ2) is 13.1. The molecule has 0 aliphatic heterocycles. The fourth-order valence-corrected chi connectivity index (χ4v) is 4.80. The number of carbonyl (C=O) groups excluding carboxylic acids is 2. The summed E-state index contributed by atoms with van der Waals surface area (Å²) in [4.78, 5) is 28.2. The number of nitrogens with zero attached hydrogens (tertiary/aromatic N) is 2. The highest BCUT2D eigenvalue weighted by atomic mass is 79.9. The Morgan fingerprint density at radius 2 is 1.71 bits per heavy atom. The summed E-state index contributed by atoms with van der Waals surface area (Å²) in [5.74, 6) is -0.666. The molecule has 0 bridgehead atoms. The van der Waals surface area contributed by atoms with Crippen LogP contribution in [0.2, 0.25) is 0 Å². The average Bonchev–Trinajstić information content (AvgIpc) is 2.80. The van der Waals surface area contributed by atoms with Crippen molar-refractivity contribution < 1.29 is 18.0 Å². The summed E-state index contributed by atoms with van der Waals surface area (Å²) in [5, 5.41) is 2.92. The van der Waals surface area contributed by atoms with E-state index < -0.39 is 28.5 Å². The zero-order valence-electron chi connectivity index (χ0n) is 21.2. The number of benzene rings is 2. The first-order valence-electron chi connectivity index (χ1n) is 11.8. The van der Waals surface area contributed by atoms with Crippen LogP contribution in [0.25, 0.3) is 0 Å². The Labute approximate surface area is 218 Å². The van der Waals surface area contributed by atoms with Crippen molar-refractivity contribution in [3.05, 3.63) is 63.6 Å². The van der Waals surface area contributed by atoms with Crippen LogP contribution in [0.5, 0.6) is 0 Å². The second-order valence-electron chi connectivity index (χ2n) is 8.78. The van der Waals surface area contributed by atoms with Gasteiger partial charge >= 0.3 is 0 Å². The van der Waals surface area contributed by atoms with E-state index in [9.17, 15) is 18.0 Å². The number of amides is 2. The highest BCUT2D eigenvalue weighted by Crippen LogP contribution is 2.25. The summed E-state index contributed by atoms with van der Waals surface area (Å²) >= 11 is 3.43. The minimum absolute atomic E-state index is 0.204. The second-order valence-corrected chi connectivity index (χ2v) is 11.5. The Morgan fingerprint density at radius 3 is 2.26 bits per heavy atom. The van der Waals surface area contributed by atoms with Crippen LogP contribution < -0.4 is 9.62 Å². The van der Waals surface area contributed by atoms with E-state index in [-0.39, 0.29) is 12.5 Å². The molecule has 9 heteroatoms. The molecule has 0 saturated heterocycles. The van der Waals surface area contributed by atoms with Crippen molar-refractivity contribution in [1.29, 1.82) is 0 Å². The Kier molecular flexibility index (Phi) is 10.8. The topological polar surface area (TPSA) is 86.8 Å². The van der Waals surface area contributed by atoms with Crippen molar-refractivity contribution in [3.8, 4) is 0 Å². The Bertz CT molecular complexity index is 1120. The van der Waals surface area contributed by atoms with Crippen molar-refractivity contribution in [1.82, 2.24) is 10.2 Å². The maximum atomic E-state index is 13.7. The first kappa shape index (κ1) is 28.8. The van der Waals surface area contributed by atoms with E-state index in [1.165, 1.54) is 4.90 Å². The molecule has 2 aromatic carbocycles. The molecule has 2 aromatic rings. The quantitative estimate of drug-likeness (QED) is 0.382. The Morgan fingerprint density at radius 1 is 1.06 bits per heavy atom. The van der Waals surface area contributed by atoms with Gasteiger partial charge in [0.15, 0.2) is 0 Å². The molecule has 0 aliphatic rings. The van der Waals surface area contributed by atoms with Gasteiger partial charge in [0.25, 0.3) is 0 Å². The van der Waals surface area contributed by atoms with Gasteiger partial charge in [-0.15, -0.1) is 0 Å². The number of anilines is 1. The van der Waals surface area contributed by atoms with E-state index in [0.29, 0.717) is 18.7 Å². The molecule has 0 radical (unpaired) electrons. The van der Waals surface area contributed by atoms with Crippen LogP contribution in [0.4, 0.5) is 5.69 Å². The first-order chi connectivity index (χ1) is 16.5. The van der Waals surface area contributed by atoms with E-state index in [1.54, 1.807) is 18.2 Å². The molecule has 0 fully saturated rings. The summed E-state index contributed by atoms with van der Waals surface area (Å²) in [6.45, 7) is 8.07. The molecule has 7 nitrogen and oxygen atoms in total. The Hall–Kier alpha value is -2.39. The Balaban J connectivity index is 2.41. The van der Waals surface area contributed by atoms with Gasteiger partial charge in [0.1, 0.15) is 12.6 Å². The molecule has 0 aromatic heterocycles. The summed E-state index contributed by atoms with van der Waals surface area (Å²) in [7, 11) is -3.75. The van der Waals surface area contributed by atoms with Gasteiger partial charge in [-0.2, -0.15) is 0 Å². The normalized spacial score (nSPS) is 12.2. The number of nitrogens with one attached hydrogen (secondary N) is 1. The van der Waals surface area contributed by atoms with Gasteiger partial charge < -0.3 is 10.2 Å². The zero-order chi connectivity index (χ0) is 26.2. The maximum absolute atomic E-state index is 13.7. The maximum Gasteiger partial charge on any atom is 0.244 e. The number of sulfonamides is 1. The molecule has 35 heavy (non-hydrogen) atoms. The largest absolute Gasteiger partial charge is 0.354 e. The lowest BCUT2D eigenvalue weighted by atomic mass is 10.1. The molecule has 0 spiro atoms. The monoisotopic (exact) mass is 565 g/mol. The van der Waals surface area contributed by atoms with E-state index in [2.05, 4.69) is 21.2 Å². The number of carbonyl (C=O) groups is 2. The van der Waals surface area contributed by atoms with Crippen LogP contribution in [-0.4, -0.2) is 50.5 Å². The van der Waals surface area contributed by atoms with Gasteiger partial charge in [-0.3, -0.25) is 13.9 Å². The molecule has 0 heterocycles. The number of hydrogen-bond acceptors (Lipinski definition) is 4. The predicted octanol–water partition coefficient (Wildman–Crippen LogP) is 4.56. The minimum Gasteiger partial charge on any atom is -0.354 e. The van der Waals surface area contributed by atoms with E-state index in [1.807, 2.05) is 52.0 Å². The van der Waals surface area contributed by atoms with Gasteiger partial charge in [0.05, 0.1) is 11.9 Å². The number of rotatable bonds is 12. The van der Waals surface area contributed by atoms with E-state index in [0.717, 1.165) is 44.6 Å². The van der Waals surface area contributed by atoms with Gasteiger partial charge in [-0.25, -0.2) is 8.42 Å². The molecular formula is C26H36BrN3O4S. The van der Waals surface area contributed by atoms with Gasteiger partial charge in [-0.1, -0.05) is 66.0 Å². The molecule has 1 N–H and O–H groups in total. The number of halogens is 1. The van der Waals surface area contributed by atoms with Gasteiger partial charge in [-0.05, 0) is 56.0 Å². The third-order valence-corrected chi connectivity index (χ3v) is 7.83. The van der Waals surface area contributed by atoms with Crippen molar-refractivity contribution in [2.45, 2.75) is 59.5 Å². The SMILES string of the molecule is CCCCNC(=O)[C@@H](CC)N(Cc1ccc(C)cc1)C(=O)CN(c1ccc(Br)c(C)c1)S(C)(=O)=O. The van der Waals surface area contributed by atoms with Gasteiger partial charge in [0, 0.05) is 17.6 Å². The lowest BCUT2D eigenvalue weighted by Crippen LogP contribution is -2.52. The van der Waals surface area contributed by atoms with Crippen LogP contribution in [0.1, 0.15) is 49.8 Å². The lowest BCUT2D eigenvalue weighted by Gasteiger charge is -2.33. The predicted molar refractivity (Wildman–Crippen MR) is 145 cm³/mol. The summed E-state index contributed by atoms with van der Waals surface area (Å²) < 4.78 is 27.3. The van der Waals surface area contributed by atoms with Crippen LogP contribution in [-0.2, 0) is 26.2 Å². The van der Waals surface area contributed by atoms with Crippen LogP contribution in [0, 0.1) is 13.8 Å². The number of unbranched alkanes of at least 4 members (excludes halogenated alkanes) is 1. The molecule has 2 rings (SSSR count). The fourth-order valence-electron chi connectivity index (χ4n) is 3.71. The minimum atomic E-state index is -3.75. The van der Waals surface area contributed by atoms with Crippen molar-refractivity contribution >= 4 is 43.5 Å². The summed E-state index contributed by atoms with van der Waals surface area (Å²) in [6.07, 6.45) is 3.28. The molecule has 2 amide bonds. The highest BCUT2D eigenvalue weighted by molar-refractivity contribution is 9.10. The van der Waals surface area contributed by atoms with E-state index >= 15 is 0 Å². The summed E-state index contributed by atoms with van der Waals surface area (Å²) in [6, 6.07) is 12.2. The standard InChI is InChI=1S/C26H36BrN3O4S/c1-6-8-15-28-26(32)24(7-2)29(17-21-11-9-19(3)10-12-21)25(31)18-30(35(5,33)34)22-13-14-23(27)20(4)16-22/h9-14,16,24H,6-8,15,17-18H2,1-5H3,(H,28,32)/t24-/m1/s1. The van der Waals surface area contributed by atoms with Crippen LogP contribution in [0.3, 0.4) is 0 Å². The smallest absolute Gasteiger partial charge is 0.244 e. The molecule has 0 unspecified atom stereocenters.